The normalized spacial score (nSPS) is 12.7. The third kappa shape index (κ3) is 7.27. The molecule has 6 rings (SSSR count). The SMILES string of the molecule is CCC(C)(CC)C(=O)/C=C(\O)C(C)(CC)CC.Cc1csc2ccc3oc4ncnc(-c5[c-]c6ccccc6c(C(C)(C)C)c5)c4c3c12.[Ir]. The molecule has 3 aromatic heterocycles. The number of benzene rings is 3. The molecule has 0 unspecified atom stereocenters. The maximum atomic E-state index is 12.2. The molecule has 0 aliphatic carbocycles. The zero-order valence-corrected chi connectivity index (χ0v) is 33.7. The molecule has 5 nitrogen and oxygen atoms in total. The second kappa shape index (κ2) is 14.8. The van der Waals surface area contributed by atoms with Crippen molar-refractivity contribution in [2.24, 2.45) is 10.8 Å². The Balaban J connectivity index is 0.000000260. The van der Waals surface area contributed by atoms with E-state index in [-0.39, 0.29) is 47.9 Å². The fraction of sp³-hybridized carbons (Fsp3) is 0.405. The van der Waals surface area contributed by atoms with Gasteiger partial charge in [0, 0.05) is 63.6 Å². The van der Waals surface area contributed by atoms with Gasteiger partial charge in [-0.2, -0.15) is 0 Å². The Morgan fingerprint density at radius 1 is 0.898 bits per heavy atom. The van der Waals surface area contributed by atoms with Crippen molar-refractivity contribution in [3.63, 3.8) is 0 Å². The van der Waals surface area contributed by atoms with E-state index in [2.05, 4.69) is 80.5 Å². The molecular weight excluding hydrogens is 805 g/mol. The van der Waals surface area contributed by atoms with Gasteiger partial charge in [0.05, 0.1) is 0 Å². The third-order valence-electron chi connectivity index (χ3n) is 10.6. The van der Waals surface area contributed by atoms with Gasteiger partial charge in [-0.3, -0.25) is 9.78 Å². The summed E-state index contributed by atoms with van der Waals surface area (Å²) in [6, 6.07) is 18.5. The maximum Gasteiger partial charge on any atom is 0.223 e. The molecule has 0 aliphatic rings. The summed E-state index contributed by atoms with van der Waals surface area (Å²) in [6.07, 6.45) is 6.35. The van der Waals surface area contributed by atoms with E-state index in [1.165, 1.54) is 32.7 Å². The van der Waals surface area contributed by atoms with Gasteiger partial charge in [-0.1, -0.05) is 91.5 Å². The van der Waals surface area contributed by atoms with E-state index in [0.717, 1.165) is 58.7 Å². The van der Waals surface area contributed by atoms with E-state index in [4.69, 9.17) is 9.40 Å². The summed E-state index contributed by atoms with van der Waals surface area (Å²) in [5, 5.41) is 18.0. The number of nitrogens with zero attached hydrogens (tertiary/aromatic N) is 2. The van der Waals surface area contributed by atoms with Gasteiger partial charge >= 0.3 is 0 Å². The average Bonchev–Trinajstić information content (AvgIpc) is 3.66. The van der Waals surface area contributed by atoms with Crippen LogP contribution in [0.2, 0.25) is 0 Å². The van der Waals surface area contributed by atoms with Crippen LogP contribution in [-0.4, -0.2) is 20.9 Å². The monoisotopic (exact) mass is 854 g/mol. The molecule has 0 aliphatic heterocycles. The average molecular weight is 854 g/mol. The smallest absolute Gasteiger partial charge is 0.223 e. The summed E-state index contributed by atoms with van der Waals surface area (Å²) < 4.78 is 7.42. The fourth-order valence-electron chi connectivity index (χ4n) is 6.24. The van der Waals surface area contributed by atoms with E-state index in [9.17, 15) is 9.90 Å². The van der Waals surface area contributed by atoms with Crippen LogP contribution in [0.1, 0.15) is 99.1 Å². The van der Waals surface area contributed by atoms with Crippen LogP contribution >= 0.6 is 11.3 Å². The second-order valence-corrected chi connectivity index (χ2v) is 15.5. The number of aliphatic hydroxyl groups is 1. The minimum Gasteiger partial charge on any atom is -0.512 e. The summed E-state index contributed by atoms with van der Waals surface area (Å²) in [5.74, 6) is 0.286. The van der Waals surface area contributed by atoms with Crippen LogP contribution in [0.15, 0.2) is 70.4 Å². The number of fused-ring (bicyclic) bond motifs is 6. The van der Waals surface area contributed by atoms with Gasteiger partial charge in [0.15, 0.2) is 5.78 Å². The Hall–Kier alpha value is -3.38. The molecule has 7 heteroatoms. The van der Waals surface area contributed by atoms with Gasteiger partial charge < -0.3 is 9.52 Å². The zero-order chi connectivity index (χ0) is 35.0. The standard InChI is InChI=1S/C27H21N2OS.C15H28O2.Ir/c1-15-13-31-21-10-9-20-23(22(15)21)24-25(28-14-29-26(24)30-20)17-11-16-7-5-6-8-18(16)19(12-17)27(2,3)4;1-7-14(5,8-2)12(16)11-13(17)15(6,9-3)10-4;/h5-10,12-14H,1-4H3;11,16H,7-10H2,1-6H3;/q-1;;/b;12-11-;. The van der Waals surface area contributed by atoms with Crippen LogP contribution in [0.3, 0.4) is 0 Å². The number of hydrogen-bond acceptors (Lipinski definition) is 6. The number of ketones is 1. The minimum atomic E-state index is -0.337. The molecule has 1 N–H and O–H groups in total. The van der Waals surface area contributed by atoms with E-state index in [0.29, 0.717) is 5.71 Å². The minimum absolute atomic E-state index is 0. The number of carbonyl (C=O) groups is 1. The molecule has 0 saturated carbocycles. The van der Waals surface area contributed by atoms with Crippen molar-refractivity contribution in [2.45, 2.75) is 100 Å². The molecule has 0 saturated heterocycles. The van der Waals surface area contributed by atoms with E-state index in [1.807, 2.05) is 47.6 Å². The Morgan fingerprint density at radius 3 is 2.18 bits per heavy atom. The van der Waals surface area contributed by atoms with E-state index < -0.39 is 0 Å². The quantitative estimate of drug-likeness (QED) is 0.0938. The molecule has 1 radical (unpaired) electrons. The van der Waals surface area contributed by atoms with Gasteiger partial charge in [0.2, 0.25) is 5.71 Å². The fourth-order valence-corrected chi connectivity index (χ4v) is 7.19. The first-order chi connectivity index (χ1) is 22.7. The number of aryl methyl sites for hydroxylation is 1. The Morgan fingerprint density at radius 2 is 1.55 bits per heavy atom. The van der Waals surface area contributed by atoms with Crippen LogP contribution in [0, 0.1) is 23.8 Å². The van der Waals surface area contributed by atoms with Crippen LogP contribution < -0.4 is 0 Å². The van der Waals surface area contributed by atoms with Crippen molar-refractivity contribution in [1.82, 2.24) is 9.97 Å². The van der Waals surface area contributed by atoms with Crippen LogP contribution in [0.25, 0.3) is 54.2 Å². The van der Waals surface area contributed by atoms with Crippen molar-refractivity contribution in [1.29, 1.82) is 0 Å². The summed E-state index contributed by atoms with van der Waals surface area (Å²) >= 11 is 1.76. The first-order valence-electron chi connectivity index (χ1n) is 17.2. The molecule has 49 heavy (non-hydrogen) atoms. The molecule has 3 aromatic carbocycles. The first-order valence-corrected chi connectivity index (χ1v) is 18.0. The van der Waals surface area contributed by atoms with Crippen molar-refractivity contribution in [2.75, 3.05) is 0 Å². The van der Waals surface area contributed by atoms with Crippen molar-refractivity contribution >= 4 is 60.0 Å². The van der Waals surface area contributed by atoms with Gasteiger partial charge in [0.1, 0.15) is 17.7 Å². The van der Waals surface area contributed by atoms with Crippen LogP contribution in [0.4, 0.5) is 0 Å². The van der Waals surface area contributed by atoms with E-state index >= 15 is 0 Å². The number of carbonyl (C=O) groups excluding carboxylic acids is 1. The largest absolute Gasteiger partial charge is 0.512 e. The molecule has 0 spiro atoms. The summed E-state index contributed by atoms with van der Waals surface area (Å²) in [6.45, 7) is 21.0. The van der Waals surface area contributed by atoms with Gasteiger partial charge in [-0.15, -0.1) is 40.5 Å². The summed E-state index contributed by atoms with van der Waals surface area (Å²) in [7, 11) is 0. The molecular formula is C42H49IrN2O3S-. The molecule has 0 fully saturated rings. The first kappa shape index (κ1) is 38.4. The number of aromatic nitrogens is 2. The van der Waals surface area contributed by atoms with Crippen molar-refractivity contribution in [3.8, 4) is 11.3 Å². The maximum absolute atomic E-state index is 12.2. The molecule has 261 valence electrons. The molecule has 0 amide bonds. The number of furan rings is 1. The van der Waals surface area contributed by atoms with Crippen molar-refractivity contribution in [3.05, 3.63) is 83.2 Å². The third-order valence-corrected chi connectivity index (χ3v) is 11.7. The number of thiophene rings is 1. The van der Waals surface area contributed by atoms with Gasteiger partial charge in [-0.05, 0) is 61.1 Å². The van der Waals surface area contributed by atoms with Crippen molar-refractivity contribution < 1.29 is 34.4 Å². The second-order valence-electron chi connectivity index (χ2n) is 14.6. The molecule has 3 heterocycles. The summed E-state index contributed by atoms with van der Waals surface area (Å²) in [4.78, 5) is 21.4. The zero-order valence-electron chi connectivity index (χ0n) is 30.5. The Labute approximate surface area is 308 Å². The topological polar surface area (TPSA) is 76.2 Å². The summed E-state index contributed by atoms with van der Waals surface area (Å²) in [5.41, 5.74) is 5.25. The molecule has 6 aromatic rings. The van der Waals surface area contributed by atoms with Crippen LogP contribution in [-0.2, 0) is 30.3 Å². The molecule has 0 atom stereocenters. The number of aliphatic hydroxyl groups excluding tert-OH is 1. The Kier molecular flexibility index (Phi) is 11.6. The van der Waals surface area contributed by atoms with Gasteiger partial charge in [-0.25, -0.2) is 4.98 Å². The molecule has 0 bridgehead atoms. The van der Waals surface area contributed by atoms with E-state index in [1.54, 1.807) is 17.7 Å². The predicted molar refractivity (Wildman–Crippen MR) is 203 cm³/mol. The number of hydrogen-bond donors (Lipinski definition) is 1. The van der Waals surface area contributed by atoms with Crippen LogP contribution in [0.5, 0.6) is 0 Å². The number of rotatable bonds is 8. The Bertz CT molecular complexity index is 2140. The predicted octanol–water partition coefficient (Wildman–Crippen LogP) is 12.5. The number of allylic oxidation sites excluding steroid dienone is 2. The van der Waals surface area contributed by atoms with Gasteiger partial charge in [0.25, 0.3) is 0 Å².